The van der Waals surface area contributed by atoms with E-state index in [2.05, 4.69) is 22.6 Å². The quantitative estimate of drug-likeness (QED) is 0.615. The van der Waals surface area contributed by atoms with Gasteiger partial charge in [-0.3, -0.25) is 19.5 Å². The van der Waals surface area contributed by atoms with Gasteiger partial charge in [-0.15, -0.1) is 0 Å². The number of hydrogen-bond donors (Lipinski definition) is 3. The predicted octanol–water partition coefficient (Wildman–Crippen LogP) is -0.365. The minimum Gasteiger partial charge on any atom is -0.383 e. The molecule has 2 heterocycles. The second kappa shape index (κ2) is 4.17. The van der Waals surface area contributed by atoms with Crippen molar-refractivity contribution in [1.82, 2.24) is 9.97 Å². The molecule has 3 N–H and O–H groups in total. The summed E-state index contributed by atoms with van der Waals surface area (Å²) in [5.41, 5.74) is 5.10. The maximum Gasteiger partial charge on any atom is 0.254 e. The average molecular weight is 240 g/mol. The van der Waals surface area contributed by atoms with E-state index in [4.69, 9.17) is 5.73 Å². The van der Waals surface area contributed by atoms with Crippen molar-refractivity contribution in [2.75, 3.05) is 22.9 Å². The Morgan fingerprint density at radius 1 is 1.62 bits per heavy atom. The first-order valence-electron chi connectivity index (χ1n) is 4.88. The third-order valence-corrected chi connectivity index (χ3v) is 2.98. The molecule has 0 saturated carbocycles. The number of aromatic nitrogens is 2. The number of carbonyl (C=O) groups is 1. The second-order valence-corrected chi connectivity index (χ2v) is 4.12. The molecule has 1 fully saturated rings. The van der Waals surface area contributed by atoms with E-state index in [1.807, 2.05) is 0 Å². The number of thiol groups is 1. The number of aromatic amines is 1. The predicted molar refractivity (Wildman–Crippen MR) is 63.6 cm³/mol. The van der Waals surface area contributed by atoms with Gasteiger partial charge >= 0.3 is 0 Å². The molecule has 1 atom stereocenters. The molecular weight excluding hydrogens is 228 g/mol. The summed E-state index contributed by atoms with van der Waals surface area (Å²) in [5.74, 6) is 1.10. The number of nitrogens with one attached hydrogen (secondary N) is 1. The van der Waals surface area contributed by atoms with E-state index in [1.54, 1.807) is 0 Å². The summed E-state index contributed by atoms with van der Waals surface area (Å²) in [7, 11) is 0. The summed E-state index contributed by atoms with van der Waals surface area (Å²) in [4.78, 5) is 30.7. The molecule has 86 valence electrons. The Kier molecular flexibility index (Phi) is 2.86. The van der Waals surface area contributed by atoms with Crippen molar-refractivity contribution >= 4 is 30.3 Å². The fraction of sp³-hybridized carbons (Fsp3) is 0.444. The number of hydrogen-bond acceptors (Lipinski definition) is 5. The van der Waals surface area contributed by atoms with Crippen LogP contribution in [0, 0.1) is 5.92 Å². The minimum atomic E-state index is -0.357. The van der Waals surface area contributed by atoms with Crippen molar-refractivity contribution in [2.45, 2.75) is 6.42 Å². The highest BCUT2D eigenvalue weighted by Crippen LogP contribution is 2.22. The van der Waals surface area contributed by atoms with Gasteiger partial charge in [-0.05, 0) is 11.7 Å². The van der Waals surface area contributed by atoms with E-state index < -0.39 is 0 Å². The van der Waals surface area contributed by atoms with Gasteiger partial charge in [0.2, 0.25) is 11.9 Å². The number of anilines is 2. The van der Waals surface area contributed by atoms with E-state index in [-0.39, 0.29) is 29.2 Å². The zero-order valence-electron chi connectivity index (χ0n) is 8.51. The smallest absolute Gasteiger partial charge is 0.254 e. The third kappa shape index (κ3) is 2.04. The second-order valence-electron chi connectivity index (χ2n) is 3.75. The molecule has 6 nitrogen and oxygen atoms in total. The minimum absolute atomic E-state index is 0.0622. The number of nitrogens with two attached hydrogens (primary N) is 1. The molecule has 16 heavy (non-hydrogen) atoms. The van der Waals surface area contributed by atoms with Gasteiger partial charge < -0.3 is 5.73 Å². The summed E-state index contributed by atoms with van der Waals surface area (Å²) < 4.78 is 0. The Hall–Kier alpha value is -1.50. The maximum absolute atomic E-state index is 11.7. The Labute approximate surface area is 97.3 Å². The van der Waals surface area contributed by atoms with Gasteiger partial charge in [0.05, 0.1) is 0 Å². The number of nitrogen functional groups attached to an aromatic ring is 1. The summed E-state index contributed by atoms with van der Waals surface area (Å²) in [6.07, 6.45) is 0.433. The van der Waals surface area contributed by atoms with Crippen LogP contribution in [0.5, 0.6) is 0 Å². The van der Waals surface area contributed by atoms with Crippen LogP contribution in [0.3, 0.4) is 0 Å². The monoisotopic (exact) mass is 240 g/mol. The molecule has 1 amide bonds. The Balaban J connectivity index is 2.31. The maximum atomic E-state index is 11.7. The van der Waals surface area contributed by atoms with Crippen molar-refractivity contribution in [2.24, 2.45) is 5.92 Å². The molecule has 1 unspecified atom stereocenters. The normalized spacial score (nSPS) is 20.4. The third-order valence-electron chi connectivity index (χ3n) is 2.47. The molecule has 2 rings (SSSR count). The summed E-state index contributed by atoms with van der Waals surface area (Å²) in [6, 6.07) is 1.18. The van der Waals surface area contributed by atoms with Gasteiger partial charge in [-0.2, -0.15) is 17.6 Å². The lowest BCUT2D eigenvalue weighted by Gasteiger charge is -2.14. The van der Waals surface area contributed by atoms with Crippen molar-refractivity contribution in [3.63, 3.8) is 0 Å². The standard InChI is InChI=1S/C9H12N4O2S/c10-6-2-7(14)12-9(11-6)13-3-5(4-16)1-8(13)15/h2,5,16H,1,3-4H2,(H3,10,11,12,14). The zero-order valence-corrected chi connectivity index (χ0v) is 9.41. The van der Waals surface area contributed by atoms with Gasteiger partial charge in [0.25, 0.3) is 5.56 Å². The molecule has 0 radical (unpaired) electrons. The van der Waals surface area contributed by atoms with E-state index in [0.717, 1.165) is 0 Å². The SMILES string of the molecule is Nc1cc(=O)[nH]c(N2CC(CS)CC2=O)n1. The Bertz CT molecular complexity index is 473. The van der Waals surface area contributed by atoms with Crippen LogP contribution in [0.25, 0.3) is 0 Å². The van der Waals surface area contributed by atoms with Crippen LogP contribution in [0.15, 0.2) is 10.9 Å². The Morgan fingerprint density at radius 3 is 2.94 bits per heavy atom. The molecule has 0 spiro atoms. The first-order valence-corrected chi connectivity index (χ1v) is 5.51. The molecule has 0 aromatic carbocycles. The highest BCUT2D eigenvalue weighted by Gasteiger charge is 2.31. The molecule has 0 bridgehead atoms. The first kappa shape index (κ1) is 11.0. The van der Waals surface area contributed by atoms with Crippen LogP contribution < -0.4 is 16.2 Å². The molecule has 0 aliphatic carbocycles. The molecule has 1 aliphatic heterocycles. The number of amides is 1. The van der Waals surface area contributed by atoms with Gasteiger partial charge in [0.15, 0.2) is 0 Å². The highest BCUT2D eigenvalue weighted by atomic mass is 32.1. The fourth-order valence-corrected chi connectivity index (χ4v) is 1.94. The Morgan fingerprint density at radius 2 is 2.38 bits per heavy atom. The number of rotatable bonds is 2. The molecular formula is C9H12N4O2S. The molecule has 7 heteroatoms. The van der Waals surface area contributed by atoms with Crippen molar-refractivity contribution in [3.8, 4) is 0 Å². The summed E-state index contributed by atoms with van der Waals surface area (Å²) >= 11 is 4.15. The topological polar surface area (TPSA) is 92.1 Å². The van der Waals surface area contributed by atoms with E-state index in [9.17, 15) is 9.59 Å². The van der Waals surface area contributed by atoms with Crippen LogP contribution in [0.2, 0.25) is 0 Å². The van der Waals surface area contributed by atoms with Gasteiger partial charge in [-0.25, -0.2) is 0 Å². The molecule has 1 aromatic rings. The highest BCUT2D eigenvalue weighted by molar-refractivity contribution is 7.80. The van der Waals surface area contributed by atoms with Crippen LogP contribution in [0.4, 0.5) is 11.8 Å². The van der Waals surface area contributed by atoms with Crippen LogP contribution in [0.1, 0.15) is 6.42 Å². The zero-order chi connectivity index (χ0) is 11.7. The van der Waals surface area contributed by atoms with Gasteiger partial charge in [0, 0.05) is 19.0 Å². The van der Waals surface area contributed by atoms with Crippen molar-refractivity contribution in [3.05, 3.63) is 16.4 Å². The van der Waals surface area contributed by atoms with Crippen molar-refractivity contribution < 1.29 is 4.79 Å². The number of carbonyl (C=O) groups excluding carboxylic acids is 1. The fourth-order valence-electron chi connectivity index (χ4n) is 1.70. The molecule has 1 saturated heterocycles. The van der Waals surface area contributed by atoms with Crippen LogP contribution in [-0.4, -0.2) is 28.2 Å². The van der Waals surface area contributed by atoms with E-state index >= 15 is 0 Å². The van der Waals surface area contributed by atoms with E-state index in [0.29, 0.717) is 18.7 Å². The van der Waals surface area contributed by atoms with Gasteiger partial charge in [0.1, 0.15) is 5.82 Å². The first-order chi connectivity index (χ1) is 7.60. The van der Waals surface area contributed by atoms with Crippen molar-refractivity contribution in [1.29, 1.82) is 0 Å². The summed E-state index contributed by atoms with van der Waals surface area (Å²) in [5, 5.41) is 0. The summed E-state index contributed by atoms with van der Waals surface area (Å²) in [6.45, 7) is 0.523. The number of H-pyrrole nitrogens is 1. The lowest BCUT2D eigenvalue weighted by Crippen LogP contribution is -2.29. The average Bonchev–Trinajstić information content (AvgIpc) is 2.58. The lowest BCUT2D eigenvalue weighted by atomic mass is 10.1. The van der Waals surface area contributed by atoms with E-state index in [1.165, 1.54) is 11.0 Å². The van der Waals surface area contributed by atoms with Crippen LogP contribution >= 0.6 is 12.6 Å². The number of nitrogens with zero attached hydrogens (tertiary/aromatic N) is 2. The largest absolute Gasteiger partial charge is 0.383 e. The lowest BCUT2D eigenvalue weighted by molar-refractivity contribution is -0.117. The van der Waals surface area contributed by atoms with Crippen LogP contribution in [-0.2, 0) is 4.79 Å². The molecule has 1 aliphatic rings. The van der Waals surface area contributed by atoms with Gasteiger partial charge in [-0.1, -0.05) is 0 Å². The molecule has 1 aromatic heterocycles.